The van der Waals surface area contributed by atoms with Crippen molar-refractivity contribution in [3.05, 3.63) is 0 Å². The van der Waals surface area contributed by atoms with Crippen molar-refractivity contribution in [1.82, 2.24) is 5.32 Å². The van der Waals surface area contributed by atoms with Gasteiger partial charge in [0.05, 0.1) is 12.1 Å². The molecule has 0 aromatic heterocycles. The lowest BCUT2D eigenvalue weighted by molar-refractivity contribution is -0.125. The molecule has 0 aliphatic heterocycles. The van der Waals surface area contributed by atoms with E-state index in [1.165, 1.54) is 0 Å². The standard InChI is InChI=1S/C10H20N2O2/c1-6(2)9(11)10(13)12-7-4-8(5-7)14-3/h6-9H,4-5,11H2,1-3H3,(H,12,13)/t7?,8?,9-/m1/s1. The Morgan fingerprint density at radius 2 is 2.07 bits per heavy atom. The Morgan fingerprint density at radius 1 is 1.50 bits per heavy atom. The highest BCUT2D eigenvalue weighted by Crippen LogP contribution is 2.22. The van der Waals surface area contributed by atoms with Crippen molar-refractivity contribution >= 4 is 5.91 Å². The Labute approximate surface area is 85.2 Å². The molecular weight excluding hydrogens is 180 g/mol. The molecule has 1 aliphatic rings. The van der Waals surface area contributed by atoms with Crippen LogP contribution in [-0.4, -0.2) is 31.2 Å². The van der Waals surface area contributed by atoms with Crippen LogP contribution < -0.4 is 11.1 Å². The minimum Gasteiger partial charge on any atom is -0.381 e. The van der Waals surface area contributed by atoms with E-state index in [2.05, 4.69) is 5.32 Å². The van der Waals surface area contributed by atoms with Crippen molar-refractivity contribution in [2.24, 2.45) is 11.7 Å². The van der Waals surface area contributed by atoms with Crippen LogP contribution in [0.4, 0.5) is 0 Å². The molecule has 1 atom stereocenters. The van der Waals surface area contributed by atoms with Crippen LogP contribution in [0.5, 0.6) is 0 Å². The molecule has 0 saturated heterocycles. The number of hydrogen-bond acceptors (Lipinski definition) is 3. The predicted molar refractivity (Wildman–Crippen MR) is 54.8 cm³/mol. The minimum atomic E-state index is -0.392. The normalized spacial score (nSPS) is 28.4. The molecule has 0 bridgehead atoms. The van der Waals surface area contributed by atoms with Gasteiger partial charge in [-0.3, -0.25) is 4.79 Å². The summed E-state index contributed by atoms with van der Waals surface area (Å²) >= 11 is 0. The summed E-state index contributed by atoms with van der Waals surface area (Å²) in [5.74, 6) is 0.146. The molecule has 1 aliphatic carbocycles. The van der Waals surface area contributed by atoms with Gasteiger partial charge in [0.15, 0.2) is 0 Å². The SMILES string of the molecule is COC1CC(NC(=O)[C@H](N)C(C)C)C1. The summed E-state index contributed by atoms with van der Waals surface area (Å²) in [6.07, 6.45) is 2.13. The first-order valence-corrected chi connectivity index (χ1v) is 5.13. The maximum atomic E-state index is 11.5. The van der Waals surface area contributed by atoms with Crippen LogP contribution >= 0.6 is 0 Å². The van der Waals surface area contributed by atoms with Crippen LogP contribution in [0.25, 0.3) is 0 Å². The second-order valence-electron chi connectivity index (χ2n) is 4.30. The fourth-order valence-corrected chi connectivity index (χ4v) is 1.48. The summed E-state index contributed by atoms with van der Waals surface area (Å²) in [6, 6.07) is -0.131. The molecule has 0 spiro atoms. The molecular formula is C10H20N2O2. The largest absolute Gasteiger partial charge is 0.381 e. The monoisotopic (exact) mass is 200 g/mol. The van der Waals surface area contributed by atoms with Gasteiger partial charge in [-0.25, -0.2) is 0 Å². The van der Waals surface area contributed by atoms with Gasteiger partial charge in [0.2, 0.25) is 5.91 Å². The topological polar surface area (TPSA) is 64.3 Å². The summed E-state index contributed by atoms with van der Waals surface area (Å²) in [7, 11) is 1.70. The van der Waals surface area contributed by atoms with Crippen molar-refractivity contribution < 1.29 is 9.53 Å². The fraction of sp³-hybridized carbons (Fsp3) is 0.900. The van der Waals surface area contributed by atoms with Crippen LogP contribution in [0.3, 0.4) is 0 Å². The highest BCUT2D eigenvalue weighted by molar-refractivity contribution is 5.82. The van der Waals surface area contributed by atoms with E-state index in [1.807, 2.05) is 13.8 Å². The van der Waals surface area contributed by atoms with Crippen LogP contribution in [-0.2, 0) is 9.53 Å². The number of rotatable bonds is 4. The van der Waals surface area contributed by atoms with Crippen molar-refractivity contribution in [2.75, 3.05) is 7.11 Å². The van der Waals surface area contributed by atoms with E-state index in [-0.39, 0.29) is 17.9 Å². The fourth-order valence-electron chi connectivity index (χ4n) is 1.48. The predicted octanol–water partition coefficient (Wildman–Crippen LogP) is 0.263. The van der Waals surface area contributed by atoms with Gasteiger partial charge in [-0.15, -0.1) is 0 Å². The first kappa shape index (κ1) is 11.5. The Morgan fingerprint density at radius 3 is 2.50 bits per heavy atom. The maximum absolute atomic E-state index is 11.5. The number of nitrogens with two attached hydrogens (primary N) is 1. The zero-order valence-electron chi connectivity index (χ0n) is 9.12. The number of nitrogens with one attached hydrogen (secondary N) is 1. The molecule has 1 fully saturated rings. The number of carbonyl (C=O) groups excluding carboxylic acids is 1. The number of amides is 1. The van der Waals surface area contributed by atoms with E-state index in [1.54, 1.807) is 7.11 Å². The van der Waals surface area contributed by atoms with Gasteiger partial charge in [0, 0.05) is 13.2 Å². The van der Waals surface area contributed by atoms with Crippen molar-refractivity contribution in [2.45, 2.75) is 44.9 Å². The molecule has 0 aromatic rings. The molecule has 4 nitrogen and oxygen atoms in total. The van der Waals surface area contributed by atoms with Crippen molar-refractivity contribution in [3.8, 4) is 0 Å². The quantitative estimate of drug-likeness (QED) is 0.684. The second kappa shape index (κ2) is 4.75. The summed E-state index contributed by atoms with van der Waals surface area (Å²) in [5.41, 5.74) is 5.71. The summed E-state index contributed by atoms with van der Waals surface area (Å²) in [4.78, 5) is 11.5. The van der Waals surface area contributed by atoms with Crippen LogP contribution in [0.15, 0.2) is 0 Å². The van der Waals surface area contributed by atoms with E-state index >= 15 is 0 Å². The summed E-state index contributed by atoms with van der Waals surface area (Å²) in [5, 5.41) is 2.92. The number of ether oxygens (including phenoxy) is 1. The average Bonchev–Trinajstić information content (AvgIpc) is 2.08. The number of hydrogen-bond donors (Lipinski definition) is 2. The molecule has 0 heterocycles. The van der Waals surface area contributed by atoms with Gasteiger partial charge in [0.25, 0.3) is 0 Å². The molecule has 3 N–H and O–H groups in total. The second-order valence-corrected chi connectivity index (χ2v) is 4.30. The smallest absolute Gasteiger partial charge is 0.237 e. The third-order valence-corrected chi connectivity index (χ3v) is 2.80. The van der Waals surface area contributed by atoms with E-state index in [0.29, 0.717) is 6.10 Å². The van der Waals surface area contributed by atoms with Crippen LogP contribution in [0.1, 0.15) is 26.7 Å². The molecule has 1 rings (SSSR count). The number of methoxy groups -OCH3 is 1. The van der Waals surface area contributed by atoms with Crippen molar-refractivity contribution in [1.29, 1.82) is 0 Å². The third-order valence-electron chi connectivity index (χ3n) is 2.80. The zero-order chi connectivity index (χ0) is 10.7. The molecule has 0 aromatic carbocycles. The molecule has 14 heavy (non-hydrogen) atoms. The van der Waals surface area contributed by atoms with Gasteiger partial charge in [-0.2, -0.15) is 0 Å². The van der Waals surface area contributed by atoms with E-state index in [9.17, 15) is 4.79 Å². The summed E-state index contributed by atoms with van der Waals surface area (Å²) in [6.45, 7) is 3.89. The lowest BCUT2D eigenvalue weighted by Gasteiger charge is -2.35. The van der Waals surface area contributed by atoms with E-state index in [0.717, 1.165) is 12.8 Å². The Balaban J connectivity index is 2.22. The lowest BCUT2D eigenvalue weighted by Crippen LogP contribution is -2.53. The van der Waals surface area contributed by atoms with Crippen LogP contribution in [0, 0.1) is 5.92 Å². The molecule has 0 radical (unpaired) electrons. The molecule has 1 amide bonds. The maximum Gasteiger partial charge on any atom is 0.237 e. The Kier molecular flexibility index (Phi) is 3.89. The van der Waals surface area contributed by atoms with Crippen molar-refractivity contribution in [3.63, 3.8) is 0 Å². The van der Waals surface area contributed by atoms with E-state index in [4.69, 9.17) is 10.5 Å². The molecule has 4 heteroatoms. The third kappa shape index (κ3) is 2.69. The van der Waals surface area contributed by atoms with Gasteiger partial charge < -0.3 is 15.8 Å². The molecule has 82 valence electrons. The van der Waals surface area contributed by atoms with Gasteiger partial charge in [-0.05, 0) is 18.8 Å². The van der Waals surface area contributed by atoms with Gasteiger partial charge in [-0.1, -0.05) is 13.8 Å². The van der Waals surface area contributed by atoms with Gasteiger partial charge >= 0.3 is 0 Å². The summed E-state index contributed by atoms with van der Waals surface area (Å²) < 4.78 is 5.12. The van der Waals surface area contributed by atoms with E-state index < -0.39 is 6.04 Å². The Hall–Kier alpha value is -0.610. The zero-order valence-corrected chi connectivity index (χ0v) is 9.12. The minimum absolute atomic E-state index is 0.0421. The molecule has 0 unspecified atom stereocenters. The number of carbonyl (C=O) groups is 1. The highest BCUT2D eigenvalue weighted by atomic mass is 16.5. The average molecular weight is 200 g/mol. The molecule has 1 saturated carbocycles. The first-order valence-electron chi connectivity index (χ1n) is 5.13. The van der Waals surface area contributed by atoms with Crippen LogP contribution in [0.2, 0.25) is 0 Å². The highest BCUT2D eigenvalue weighted by Gasteiger charge is 2.31. The van der Waals surface area contributed by atoms with Gasteiger partial charge in [0.1, 0.15) is 0 Å². The first-order chi connectivity index (χ1) is 6.54. The lowest BCUT2D eigenvalue weighted by atomic mass is 9.88. The Bertz CT molecular complexity index is 200.